The number of nitrogens with one attached hydrogen (secondary N) is 2. The molecular formula is C18H17N3O2S. The minimum absolute atomic E-state index is 0.176. The van der Waals surface area contributed by atoms with Gasteiger partial charge in [-0.1, -0.05) is 29.5 Å². The molecule has 3 aromatic rings. The molecule has 3 rings (SSSR count). The molecule has 0 bridgehead atoms. The van der Waals surface area contributed by atoms with Gasteiger partial charge in [-0.05, 0) is 43.2 Å². The van der Waals surface area contributed by atoms with Crippen molar-refractivity contribution in [3.63, 3.8) is 0 Å². The summed E-state index contributed by atoms with van der Waals surface area (Å²) in [6.07, 6.45) is 0. The van der Waals surface area contributed by atoms with Gasteiger partial charge in [0.25, 0.3) is 5.91 Å². The normalized spacial score (nSPS) is 10.6. The lowest BCUT2D eigenvalue weighted by Crippen LogP contribution is -2.13. The van der Waals surface area contributed by atoms with E-state index in [9.17, 15) is 9.59 Å². The average Bonchev–Trinajstić information content (AvgIpc) is 2.96. The van der Waals surface area contributed by atoms with Crippen molar-refractivity contribution in [1.29, 1.82) is 0 Å². The summed E-state index contributed by atoms with van der Waals surface area (Å²) in [6.45, 7) is 5.46. The first-order chi connectivity index (χ1) is 11.4. The number of carbonyl (C=O) groups is 2. The number of aromatic nitrogens is 1. The average molecular weight is 339 g/mol. The van der Waals surface area contributed by atoms with Gasteiger partial charge in [0.15, 0.2) is 5.13 Å². The van der Waals surface area contributed by atoms with Gasteiger partial charge >= 0.3 is 0 Å². The number of hydrogen-bond acceptors (Lipinski definition) is 4. The Bertz CT molecular complexity index is 908. The van der Waals surface area contributed by atoms with E-state index in [1.807, 2.05) is 19.9 Å². The first kappa shape index (κ1) is 16.1. The van der Waals surface area contributed by atoms with Crippen LogP contribution in [-0.4, -0.2) is 16.8 Å². The van der Waals surface area contributed by atoms with E-state index in [1.54, 1.807) is 24.3 Å². The fourth-order valence-electron chi connectivity index (χ4n) is 2.42. The molecule has 2 aromatic carbocycles. The van der Waals surface area contributed by atoms with Crippen molar-refractivity contribution >= 4 is 44.2 Å². The van der Waals surface area contributed by atoms with Gasteiger partial charge in [-0.2, -0.15) is 0 Å². The van der Waals surface area contributed by atoms with E-state index in [0.717, 1.165) is 21.3 Å². The van der Waals surface area contributed by atoms with Crippen LogP contribution in [0, 0.1) is 13.8 Å². The van der Waals surface area contributed by atoms with Crippen LogP contribution < -0.4 is 10.6 Å². The fourth-order valence-corrected chi connectivity index (χ4v) is 3.43. The highest BCUT2D eigenvalue weighted by molar-refractivity contribution is 7.22. The number of hydrogen-bond donors (Lipinski definition) is 2. The summed E-state index contributed by atoms with van der Waals surface area (Å²) >= 11 is 1.46. The Morgan fingerprint density at radius 1 is 1.04 bits per heavy atom. The zero-order valence-corrected chi connectivity index (χ0v) is 14.5. The van der Waals surface area contributed by atoms with Gasteiger partial charge in [0.05, 0.1) is 10.2 Å². The molecule has 5 nitrogen and oxygen atoms in total. The predicted octanol–water partition coefficient (Wildman–Crippen LogP) is 4.12. The SMILES string of the molecule is CC(=O)Nc1cccc(C(=O)Nc2nc3c(C)ccc(C)c3s2)c1. The van der Waals surface area contributed by atoms with Crippen LogP contribution in [0.15, 0.2) is 36.4 Å². The summed E-state index contributed by atoms with van der Waals surface area (Å²) in [5.41, 5.74) is 4.20. The quantitative estimate of drug-likeness (QED) is 0.754. The third-order valence-electron chi connectivity index (χ3n) is 3.61. The van der Waals surface area contributed by atoms with Crippen molar-refractivity contribution in [3.8, 4) is 0 Å². The van der Waals surface area contributed by atoms with E-state index in [4.69, 9.17) is 0 Å². The molecule has 1 heterocycles. The smallest absolute Gasteiger partial charge is 0.257 e. The molecule has 122 valence electrons. The van der Waals surface area contributed by atoms with E-state index in [1.165, 1.54) is 18.3 Å². The monoisotopic (exact) mass is 339 g/mol. The van der Waals surface area contributed by atoms with E-state index >= 15 is 0 Å². The van der Waals surface area contributed by atoms with Gasteiger partial charge in [0.2, 0.25) is 5.91 Å². The zero-order valence-electron chi connectivity index (χ0n) is 13.6. The number of benzene rings is 2. The molecule has 2 N–H and O–H groups in total. The van der Waals surface area contributed by atoms with Crippen LogP contribution in [0.2, 0.25) is 0 Å². The van der Waals surface area contributed by atoms with Crippen molar-refractivity contribution in [2.24, 2.45) is 0 Å². The first-order valence-electron chi connectivity index (χ1n) is 7.50. The van der Waals surface area contributed by atoms with Crippen molar-refractivity contribution in [2.45, 2.75) is 20.8 Å². The number of fused-ring (bicyclic) bond motifs is 1. The van der Waals surface area contributed by atoms with Crippen LogP contribution >= 0.6 is 11.3 Å². The number of nitrogens with zero attached hydrogens (tertiary/aromatic N) is 1. The van der Waals surface area contributed by atoms with Crippen LogP contribution in [0.1, 0.15) is 28.4 Å². The Labute approximate surface area is 143 Å². The van der Waals surface area contributed by atoms with Crippen LogP contribution in [-0.2, 0) is 4.79 Å². The Balaban J connectivity index is 1.86. The van der Waals surface area contributed by atoms with Gasteiger partial charge in [-0.3, -0.25) is 14.9 Å². The highest BCUT2D eigenvalue weighted by Gasteiger charge is 2.13. The first-order valence-corrected chi connectivity index (χ1v) is 8.31. The number of thiazole rings is 1. The number of amides is 2. The summed E-state index contributed by atoms with van der Waals surface area (Å²) < 4.78 is 1.08. The Morgan fingerprint density at radius 3 is 2.50 bits per heavy atom. The number of carbonyl (C=O) groups excluding carboxylic acids is 2. The molecule has 0 aliphatic carbocycles. The van der Waals surface area contributed by atoms with Gasteiger partial charge in [-0.15, -0.1) is 0 Å². The zero-order chi connectivity index (χ0) is 17.3. The molecule has 2 amide bonds. The number of anilines is 2. The molecule has 0 radical (unpaired) electrons. The Kier molecular flexibility index (Phi) is 4.31. The largest absolute Gasteiger partial charge is 0.326 e. The molecule has 6 heteroatoms. The second kappa shape index (κ2) is 6.41. The molecule has 0 fully saturated rings. The summed E-state index contributed by atoms with van der Waals surface area (Å²) in [7, 11) is 0. The van der Waals surface area contributed by atoms with E-state index in [2.05, 4.69) is 21.7 Å². The lowest BCUT2D eigenvalue weighted by atomic mass is 10.1. The molecule has 0 aliphatic heterocycles. The van der Waals surface area contributed by atoms with Crippen LogP contribution in [0.4, 0.5) is 10.8 Å². The van der Waals surface area contributed by atoms with E-state index in [-0.39, 0.29) is 11.8 Å². The summed E-state index contributed by atoms with van der Waals surface area (Å²) in [6, 6.07) is 10.9. The van der Waals surface area contributed by atoms with Crippen molar-refractivity contribution in [3.05, 3.63) is 53.1 Å². The molecule has 0 atom stereocenters. The number of rotatable bonds is 3. The minimum Gasteiger partial charge on any atom is -0.326 e. The predicted molar refractivity (Wildman–Crippen MR) is 97.8 cm³/mol. The summed E-state index contributed by atoms with van der Waals surface area (Å²) in [4.78, 5) is 28.1. The molecule has 0 saturated carbocycles. The molecular weight excluding hydrogens is 322 g/mol. The molecule has 24 heavy (non-hydrogen) atoms. The van der Waals surface area contributed by atoms with Crippen LogP contribution in [0.25, 0.3) is 10.2 Å². The molecule has 0 saturated heterocycles. The topological polar surface area (TPSA) is 71.1 Å². The Hall–Kier alpha value is -2.73. The standard InChI is InChI=1S/C18H17N3O2S/c1-10-7-8-11(2)16-15(10)20-18(24-16)21-17(23)13-5-4-6-14(9-13)19-12(3)22/h4-9H,1-3H3,(H,19,22)(H,20,21,23). The summed E-state index contributed by atoms with van der Waals surface area (Å²) in [5.74, 6) is -0.429. The lowest BCUT2D eigenvalue weighted by molar-refractivity contribution is -0.114. The minimum atomic E-state index is -0.253. The van der Waals surface area contributed by atoms with Crippen molar-refractivity contribution < 1.29 is 9.59 Å². The van der Waals surface area contributed by atoms with Crippen molar-refractivity contribution in [1.82, 2.24) is 4.98 Å². The number of aryl methyl sites for hydroxylation is 2. The molecule has 0 spiro atoms. The highest BCUT2D eigenvalue weighted by Crippen LogP contribution is 2.31. The van der Waals surface area contributed by atoms with Gasteiger partial charge in [-0.25, -0.2) is 4.98 Å². The second-order valence-corrected chi connectivity index (χ2v) is 6.61. The van der Waals surface area contributed by atoms with Gasteiger partial charge in [0, 0.05) is 18.2 Å². The van der Waals surface area contributed by atoms with Gasteiger partial charge in [0.1, 0.15) is 0 Å². The van der Waals surface area contributed by atoms with Crippen molar-refractivity contribution in [2.75, 3.05) is 10.6 Å². The maximum Gasteiger partial charge on any atom is 0.257 e. The lowest BCUT2D eigenvalue weighted by Gasteiger charge is -2.05. The fraction of sp³-hybridized carbons (Fsp3) is 0.167. The third-order valence-corrected chi connectivity index (χ3v) is 4.71. The van der Waals surface area contributed by atoms with Crippen LogP contribution in [0.5, 0.6) is 0 Å². The van der Waals surface area contributed by atoms with E-state index in [0.29, 0.717) is 16.4 Å². The van der Waals surface area contributed by atoms with E-state index < -0.39 is 0 Å². The highest BCUT2D eigenvalue weighted by atomic mass is 32.1. The maximum atomic E-state index is 12.4. The summed E-state index contributed by atoms with van der Waals surface area (Å²) in [5, 5.41) is 6.07. The molecule has 1 aromatic heterocycles. The third kappa shape index (κ3) is 3.28. The maximum absolute atomic E-state index is 12.4. The Morgan fingerprint density at radius 2 is 1.79 bits per heavy atom. The van der Waals surface area contributed by atoms with Crippen LogP contribution in [0.3, 0.4) is 0 Å². The molecule has 0 unspecified atom stereocenters. The van der Waals surface area contributed by atoms with Gasteiger partial charge < -0.3 is 5.32 Å². The molecule has 0 aliphatic rings. The second-order valence-electron chi connectivity index (χ2n) is 5.61.